The molecule has 1 aromatic heterocycles. The maximum Gasteiger partial charge on any atom is 0.331 e. The number of benzene rings is 1. The number of hydrogen-bond acceptors (Lipinski definition) is 4. The number of aromatic nitrogens is 2. The fraction of sp³-hybridized carbons (Fsp3) is 0.333. The molecule has 2 rings (SSSR count). The fourth-order valence-electron chi connectivity index (χ4n) is 2.01. The van der Waals surface area contributed by atoms with E-state index in [4.69, 9.17) is 10.5 Å². The van der Waals surface area contributed by atoms with E-state index in [1.54, 1.807) is 19.3 Å². The number of rotatable bonds is 4. The van der Waals surface area contributed by atoms with Gasteiger partial charge in [0.1, 0.15) is 11.4 Å². The van der Waals surface area contributed by atoms with Crippen LogP contribution < -0.4 is 5.73 Å². The van der Waals surface area contributed by atoms with Crippen LogP contribution in [-0.4, -0.2) is 22.1 Å². The van der Waals surface area contributed by atoms with Crippen LogP contribution in [0.4, 0.5) is 5.69 Å². The van der Waals surface area contributed by atoms with E-state index >= 15 is 0 Å². The van der Waals surface area contributed by atoms with Crippen LogP contribution in [0, 0.1) is 0 Å². The van der Waals surface area contributed by atoms with E-state index < -0.39 is 5.54 Å². The van der Waals surface area contributed by atoms with Gasteiger partial charge in [0.2, 0.25) is 0 Å². The summed E-state index contributed by atoms with van der Waals surface area (Å²) in [5, 5.41) is 0. The molecule has 0 unspecified atom stereocenters. The molecule has 0 aliphatic rings. The second-order valence-corrected chi connectivity index (χ2v) is 5.02. The molecular weight excluding hydrogens is 254 g/mol. The van der Waals surface area contributed by atoms with Crippen LogP contribution in [0.1, 0.15) is 20.8 Å². The molecule has 0 aliphatic heterocycles. The lowest BCUT2D eigenvalue weighted by atomic mass is 10.0. The van der Waals surface area contributed by atoms with Gasteiger partial charge in [-0.2, -0.15) is 0 Å². The molecule has 1 heterocycles. The van der Waals surface area contributed by atoms with E-state index in [-0.39, 0.29) is 5.97 Å². The number of carbonyl (C=O) groups is 1. The van der Waals surface area contributed by atoms with Crippen LogP contribution in [0.2, 0.25) is 0 Å². The van der Waals surface area contributed by atoms with Gasteiger partial charge in [-0.1, -0.05) is 0 Å². The lowest BCUT2D eigenvalue weighted by molar-refractivity contribution is -0.152. The molecule has 0 spiro atoms. The molecule has 2 aromatic rings. The van der Waals surface area contributed by atoms with Crippen LogP contribution in [-0.2, 0) is 15.1 Å². The highest BCUT2D eigenvalue weighted by molar-refractivity contribution is 5.79. The Labute approximate surface area is 118 Å². The zero-order valence-corrected chi connectivity index (χ0v) is 12.0. The number of hydrogen-bond donors (Lipinski definition) is 1. The van der Waals surface area contributed by atoms with Gasteiger partial charge in [0.25, 0.3) is 0 Å². The molecule has 0 saturated carbocycles. The second-order valence-electron chi connectivity index (χ2n) is 5.02. The third-order valence-electron chi connectivity index (χ3n) is 3.19. The van der Waals surface area contributed by atoms with Crippen molar-refractivity contribution in [3.8, 4) is 11.4 Å². The first-order valence-corrected chi connectivity index (χ1v) is 6.53. The lowest BCUT2D eigenvalue weighted by Gasteiger charge is -2.26. The van der Waals surface area contributed by atoms with Crippen molar-refractivity contribution in [1.82, 2.24) is 9.55 Å². The maximum atomic E-state index is 12.1. The van der Waals surface area contributed by atoms with E-state index in [1.807, 2.05) is 42.7 Å². The molecule has 5 heteroatoms. The molecule has 0 atom stereocenters. The third kappa shape index (κ3) is 2.52. The minimum absolute atomic E-state index is 0.283. The average molecular weight is 273 g/mol. The molecule has 0 radical (unpaired) electrons. The topological polar surface area (TPSA) is 70.1 Å². The van der Waals surface area contributed by atoms with Gasteiger partial charge in [-0.3, -0.25) is 0 Å². The number of ether oxygens (including phenoxy) is 1. The SMILES string of the molecule is CCOC(=O)C(C)(C)n1ccnc1-c1ccc(N)cc1. The van der Waals surface area contributed by atoms with Gasteiger partial charge < -0.3 is 15.0 Å². The van der Waals surface area contributed by atoms with Crippen molar-refractivity contribution in [2.45, 2.75) is 26.3 Å². The Morgan fingerprint density at radius 2 is 2.00 bits per heavy atom. The van der Waals surface area contributed by atoms with Crippen molar-refractivity contribution >= 4 is 11.7 Å². The fourth-order valence-corrected chi connectivity index (χ4v) is 2.01. The zero-order chi connectivity index (χ0) is 14.8. The number of esters is 1. The predicted molar refractivity (Wildman–Crippen MR) is 78.0 cm³/mol. The van der Waals surface area contributed by atoms with Gasteiger partial charge in [-0.15, -0.1) is 0 Å². The summed E-state index contributed by atoms with van der Waals surface area (Å²) in [5.74, 6) is 0.428. The standard InChI is InChI=1S/C15H19N3O2/c1-4-20-14(19)15(2,3)18-10-9-17-13(18)11-5-7-12(16)8-6-11/h5-10H,4,16H2,1-3H3. The van der Waals surface area contributed by atoms with Crippen LogP contribution in [0.5, 0.6) is 0 Å². The first kappa shape index (κ1) is 14.1. The van der Waals surface area contributed by atoms with Crippen LogP contribution in [0.15, 0.2) is 36.7 Å². The van der Waals surface area contributed by atoms with Crippen molar-refractivity contribution < 1.29 is 9.53 Å². The Morgan fingerprint density at radius 1 is 1.35 bits per heavy atom. The molecule has 0 saturated heterocycles. The van der Waals surface area contributed by atoms with Crippen LogP contribution in [0.25, 0.3) is 11.4 Å². The molecule has 106 valence electrons. The van der Waals surface area contributed by atoms with E-state index in [0.717, 1.165) is 5.56 Å². The van der Waals surface area contributed by atoms with Crippen molar-refractivity contribution in [3.63, 3.8) is 0 Å². The van der Waals surface area contributed by atoms with Crippen LogP contribution >= 0.6 is 0 Å². The summed E-state index contributed by atoms with van der Waals surface area (Å²) in [7, 11) is 0. The van der Waals surface area contributed by atoms with E-state index in [9.17, 15) is 4.79 Å². The smallest absolute Gasteiger partial charge is 0.331 e. The Bertz CT molecular complexity index is 600. The van der Waals surface area contributed by atoms with E-state index in [1.165, 1.54) is 0 Å². The monoisotopic (exact) mass is 273 g/mol. The van der Waals surface area contributed by atoms with E-state index in [0.29, 0.717) is 18.1 Å². The van der Waals surface area contributed by atoms with Crippen molar-refractivity contribution in [1.29, 1.82) is 0 Å². The summed E-state index contributed by atoms with van der Waals surface area (Å²) < 4.78 is 6.95. The number of nitrogen functional groups attached to an aromatic ring is 1. The highest BCUT2D eigenvalue weighted by Gasteiger charge is 2.33. The van der Waals surface area contributed by atoms with Gasteiger partial charge >= 0.3 is 5.97 Å². The molecule has 0 fully saturated rings. The molecule has 0 amide bonds. The summed E-state index contributed by atoms with van der Waals surface area (Å²) >= 11 is 0. The van der Waals surface area contributed by atoms with Crippen LogP contribution in [0.3, 0.4) is 0 Å². The highest BCUT2D eigenvalue weighted by Crippen LogP contribution is 2.26. The zero-order valence-electron chi connectivity index (χ0n) is 12.0. The quantitative estimate of drug-likeness (QED) is 0.686. The molecule has 5 nitrogen and oxygen atoms in total. The van der Waals surface area contributed by atoms with Gasteiger partial charge in [0.05, 0.1) is 6.61 Å². The summed E-state index contributed by atoms with van der Waals surface area (Å²) in [4.78, 5) is 16.4. The maximum absolute atomic E-state index is 12.1. The number of imidazole rings is 1. The first-order chi connectivity index (χ1) is 9.46. The van der Waals surface area contributed by atoms with E-state index in [2.05, 4.69) is 4.98 Å². The average Bonchev–Trinajstić information content (AvgIpc) is 2.89. The minimum atomic E-state index is -0.816. The van der Waals surface area contributed by atoms with Crippen molar-refractivity contribution in [2.24, 2.45) is 0 Å². The Morgan fingerprint density at radius 3 is 2.60 bits per heavy atom. The van der Waals surface area contributed by atoms with Gasteiger partial charge in [-0.25, -0.2) is 9.78 Å². The first-order valence-electron chi connectivity index (χ1n) is 6.53. The predicted octanol–water partition coefficient (Wildman–Crippen LogP) is 2.43. The second kappa shape index (κ2) is 5.36. The Balaban J connectivity index is 2.42. The molecule has 0 bridgehead atoms. The highest BCUT2D eigenvalue weighted by atomic mass is 16.5. The van der Waals surface area contributed by atoms with Crippen molar-refractivity contribution in [3.05, 3.63) is 36.7 Å². The molecular formula is C15H19N3O2. The molecule has 1 aromatic carbocycles. The number of nitrogens with two attached hydrogens (primary N) is 1. The number of anilines is 1. The summed E-state index contributed by atoms with van der Waals surface area (Å²) in [6, 6.07) is 7.39. The Kier molecular flexibility index (Phi) is 3.79. The third-order valence-corrected chi connectivity index (χ3v) is 3.19. The van der Waals surface area contributed by atoms with Crippen molar-refractivity contribution in [2.75, 3.05) is 12.3 Å². The van der Waals surface area contributed by atoms with Gasteiger partial charge in [0, 0.05) is 23.6 Å². The van der Waals surface area contributed by atoms with Gasteiger partial charge in [0.15, 0.2) is 0 Å². The summed E-state index contributed by atoms with van der Waals surface area (Å²) in [5.41, 5.74) is 6.47. The largest absolute Gasteiger partial charge is 0.464 e. The lowest BCUT2D eigenvalue weighted by Crippen LogP contribution is -2.37. The van der Waals surface area contributed by atoms with Gasteiger partial charge in [-0.05, 0) is 45.0 Å². The Hall–Kier alpha value is -2.30. The normalized spacial score (nSPS) is 11.3. The minimum Gasteiger partial charge on any atom is -0.464 e. The summed E-state index contributed by atoms with van der Waals surface area (Å²) in [6.07, 6.45) is 3.45. The number of nitrogens with zero attached hydrogens (tertiary/aromatic N) is 2. The molecule has 2 N–H and O–H groups in total. The number of carbonyl (C=O) groups excluding carboxylic acids is 1. The molecule has 0 aliphatic carbocycles. The molecule has 20 heavy (non-hydrogen) atoms. The summed E-state index contributed by atoms with van der Waals surface area (Å²) in [6.45, 7) is 5.78.